The normalized spacial score (nSPS) is 18.7. The van der Waals surface area contributed by atoms with Gasteiger partial charge in [0, 0.05) is 37.8 Å². The highest BCUT2D eigenvalue weighted by Crippen LogP contribution is 2.27. The summed E-state index contributed by atoms with van der Waals surface area (Å²) in [4.78, 5) is 14.7. The molecule has 0 spiro atoms. The molecule has 126 valence electrons. The van der Waals surface area contributed by atoms with E-state index in [-0.39, 0.29) is 0 Å². The van der Waals surface area contributed by atoms with Gasteiger partial charge in [0.1, 0.15) is 5.82 Å². The summed E-state index contributed by atoms with van der Waals surface area (Å²) in [5, 5.41) is 0. The number of benzene rings is 1. The Morgan fingerprint density at radius 1 is 0.667 bits per heavy atom. The van der Waals surface area contributed by atoms with Crippen molar-refractivity contribution >= 4 is 11.8 Å². The van der Waals surface area contributed by atoms with Crippen molar-refractivity contribution in [1.29, 1.82) is 0 Å². The fourth-order valence-electron chi connectivity index (χ4n) is 3.70. The number of rotatable bonds is 3. The molecule has 0 amide bonds. The Hall–Kier alpha value is -2.10. The van der Waals surface area contributed by atoms with Crippen LogP contribution in [0.2, 0.25) is 0 Å². The van der Waals surface area contributed by atoms with Crippen LogP contribution in [0.4, 0.5) is 11.8 Å². The van der Waals surface area contributed by atoms with Crippen LogP contribution in [0.5, 0.6) is 0 Å². The van der Waals surface area contributed by atoms with Crippen molar-refractivity contribution in [2.75, 3.05) is 36.0 Å². The lowest BCUT2D eigenvalue weighted by Gasteiger charge is -2.31. The van der Waals surface area contributed by atoms with Crippen molar-refractivity contribution in [2.24, 2.45) is 0 Å². The Morgan fingerprint density at radius 3 is 1.96 bits per heavy atom. The van der Waals surface area contributed by atoms with Crippen molar-refractivity contribution in [3.63, 3.8) is 0 Å². The molecule has 2 aliphatic rings. The van der Waals surface area contributed by atoms with E-state index in [1.54, 1.807) is 0 Å². The number of nitrogens with zero attached hydrogens (tertiary/aromatic N) is 4. The minimum atomic E-state index is 0.914. The van der Waals surface area contributed by atoms with Gasteiger partial charge in [0.2, 0.25) is 5.95 Å². The quantitative estimate of drug-likeness (QED) is 0.851. The second-order valence-corrected chi connectivity index (χ2v) is 6.87. The van der Waals surface area contributed by atoms with E-state index in [9.17, 15) is 0 Å². The zero-order chi connectivity index (χ0) is 16.2. The molecule has 0 unspecified atom stereocenters. The van der Waals surface area contributed by atoms with Crippen LogP contribution in [0.25, 0.3) is 11.3 Å². The molecule has 0 aliphatic carbocycles. The molecule has 0 atom stereocenters. The largest absolute Gasteiger partial charge is 0.356 e. The van der Waals surface area contributed by atoms with Gasteiger partial charge in [0.25, 0.3) is 0 Å². The first-order valence-corrected chi connectivity index (χ1v) is 9.34. The molecule has 4 rings (SSSR count). The number of hydrogen-bond donors (Lipinski definition) is 0. The minimum Gasteiger partial charge on any atom is -0.356 e. The van der Waals surface area contributed by atoms with Gasteiger partial charge in [0.15, 0.2) is 0 Å². The van der Waals surface area contributed by atoms with E-state index < -0.39 is 0 Å². The number of aromatic nitrogens is 2. The van der Waals surface area contributed by atoms with Crippen LogP contribution in [-0.4, -0.2) is 36.1 Å². The predicted molar refractivity (Wildman–Crippen MR) is 99.6 cm³/mol. The predicted octanol–water partition coefficient (Wildman–Crippen LogP) is 4.12. The van der Waals surface area contributed by atoms with Gasteiger partial charge in [-0.3, -0.25) is 0 Å². The first kappa shape index (κ1) is 15.4. The topological polar surface area (TPSA) is 32.3 Å². The third-order valence-electron chi connectivity index (χ3n) is 5.09. The van der Waals surface area contributed by atoms with Crippen molar-refractivity contribution < 1.29 is 0 Å². The molecule has 4 heteroatoms. The summed E-state index contributed by atoms with van der Waals surface area (Å²) >= 11 is 0. The average molecular weight is 322 g/mol. The molecule has 2 fully saturated rings. The molecule has 3 heterocycles. The van der Waals surface area contributed by atoms with E-state index >= 15 is 0 Å². The number of piperidine rings is 2. The van der Waals surface area contributed by atoms with E-state index in [4.69, 9.17) is 9.97 Å². The molecule has 2 aliphatic heterocycles. The van der Waals surface area contributed by atoms with Crippen molar-refractivity contribution in [1.82, 2.24) is 9.97 Å². The van der Waals surface area contributed by atoms with Gasteiger partial charge in [-0.15, -0.1) is 0 Å². The molecule has 1 aromatic carbocycles. The second-order valence-electron chi connectivity index (χ2n) is 6.87. The first-order chi connectivity index (χ1) is 11.9. The monoisotopic (exact) mass is 322 g/mol. The third-order valence-corrected chi connectivity index (χ3v) is 5.09. The minimum absolute atomic E-state index is 0.914. The molecular weight excluding hydrogens is 296 g/mol. The maximum absolute atomic E-state index is 4.95. The van der Waals surface area contributed by atoms with E-state index in [2.05, 4.69) is 46.2 Å². The van der Waals surface area contributed by atoms with Gasteiger partial charge in [-0.25, -0.2) is 4.98 Å². The second kappa shape index (κ2) is 7.20. The molecule has 0 saturated carbocycles. The average Bonchev–Trinajstić information content (AvgIpc) is 2.70. The third kappa shape index (κ3) is 3.37. The van der Waals surface area contributed by atoms with Crippen molar-refractivity contribution in [2.45, 2.75) is 38.5 Å². The SMILES string of the molecule is c1ccc(-c2cc(N3CCCCC3)nc(N3CCCCC3)n2)cc1. The molecule has 2 saturated heterocycles. The highest BCUT2D eigenvalue weighted by molar-refractivity contribution is 5.65. The summed E-state index contributed by atoms with van der Waals surface area (Å²) in [6.45, 7) is 4.39. The highest BCUT2D eigenvalue weighted by Gasteiger charge is 2.19. The summed E-state index contributed by atoms with van der Waals surface area (Å²) in [5.41, 5.74) is 2.23. The van der Waals surface area contributed by atoms with Crippen LogP contribution in [-0.2, 0) is 0 Å². The fourth-order valence-corrected chi connectivity index (χ4v) is 3.70. The van der Waals surface area contributed by atoms with Crippen molar-refractivity contribution in [3.8, 4) is 11.3 Å². The lowest BCUT2D eigenvalue weighted by molar-refractivity contribution is 0.561. The summed E-state index contributed by atoms with van der Waals surface area (Å²) < 4.78 is 0. The molecule has 0 radical (unpaired) electrons. The maximum Gasteiger partial charge on any atom is 0.227 e. The number of anilines is 2. The fraction of sp³-hybridized carbons (Fsp3) is 0.500. The Balaban J connectivity index is 1.72. The van der Waals surface area contributed by atoms with Gasteiger partial charge in [-0.1, -0.05) is 30.3 Å². The Labute approximate surface area is 144 Å². The van der Waals surface area contributed by atoms with Crippen LogP contribution in [0.15, 0.2) is 36.4 Å². The Morgan fingerprint density at radius 2 is 1.29 bits per heavy atom. The van der Waals surface area contributed by atoms with Gasteiger partial charge in [-0.2, -0.15) is 4.98 Å². The molecule has 2 aromatic rings. The summed E-state index contributed by atoms with van der Waals surface area (Å²) in [7, 11) is 0. The Bertz CT molecular complexity index is 622. The van der Waals surface area contributed by atoms with Crippen LogP contribution in [0.1, 0.15) is 38.5 Å². The molecule has 1 aromatic heterocycles. The zero-order valence-corrected chi connectivity index (χ0v) is 14.3. The highest BCUT2D eigenvalue weighted by atomic mass is 15.3. The van der Waals surface area contributed by atoms with Crippen LogP contribution in [0.3, 0.4) is 0 Å². The smallest absolute Gasteiger partial charge is 0.227 e. The molecule has 0 bridgehead atoms. The first-order valence-electron chi connectivity index (χ1n) is 9.34. The van der Waals surface area contributed by atoms with E-state index in [0.29, 0.717) is 0 Å². The molecule has 0 N–H and O–H groups in total. The van der Waals surface area contributed by atoms with Crippen LogP contribution < -0.4 is 9.80 Å². The molecular formula is C20H26N4. The van der Waals surface area contributed by atoms with Crippen molar-refractivity contribution in [3.05, 3.63) is 36.4 Å². The van der Waals surface area contributed by atoms with Crippen LogP contribution in [0, 0.1) is 0 Å². The molecule has 24 heavy (non-hydrogen) atoms. The van der Waals surface area contributed by atoms with Gasteiger partial charge in [-0.05, 0) is 38.5 Å². The zero-order valence-electron chi connectivity index (χ0n) is 14.3. The summed E-state index contributed by atoms with van der Waals surface area (Å²) in [6, 6.07) is 12.7. The summed E-state index contributed by atoms with van der Waals surface area (Å²) in [5.74, 6) is 2.01. The van der Waals surface area contributed by atoms with Gasteiger partial charge >= 0.3 is 0 Å². The van der Waals surface area contributed by atoms with Gasteiger partial charge < -0.3 is 9.80 Å². The van der Waals surface area contributed by atoms with E-state index in [0.717, 1.165) is 43.6 Å². The Kier molecular flexibility index (Phi) is 4.63. The number of hydrogen-bond acceptors (Lipinski definition) is 4. The van der Waals surface area contributed by atoms with E-state index in [1.807, 2.05) is 0 Å². The summed E-state index contributed by atoms with van der Waals surface area (Å²) in [6.07, 6.45) is 7.70. The van der Waals surface area contributed by atoms with Crippen LogP contribution >= 0.6 is 0 Å². The van der Waals surface area contributed by atoms with E-state index in [1.165, 1.54) is 44.1 Å². The molecule has 4 nitrogen and oxygen atoms in total. The standard InChI is InChI=1S/C20H26N4/c1-4-10-17(11-5-1)18-16-19(23-12-6-2-7-13-23)22-20(21-18)24-14-8-3-9-15-24/h1,4-5,10-11,16H,2-3,6-9,12-15H2. The van der Waals surface area contributed by atoms with Gasteiger partial charge in [0.05, 0.1) is 5.69 Å². The maximum atomic E-state index is 4.95. The lowest BCUT2D eigenvalue weighted by atomic mass is 10.1. The lowest BCUT2D eigenvalue weighted by Crippen LogP contribution is -2.33.